The molecular weight excluding hydrogens is 272 g/mol. The first kappa shape index (κ1) is 16.4. The van der Waals surface area contributed by atoms with Crippen LogP contribution in [-0.2, 0) is 6.54 Å². The van der Waals surface area contributed by atoms with Gasteiger partial charge in [0, 0.05) is 38.4 Å². The monoisotopic (exact) mass is 300 g/mol. The number of rotatable bonds is 5. The molecule has 2 N–H and O–H groups in total. The maximum Gasteiger partial charge on any atom is 0.191 e. The fraction of sp³-hybridized carbons (Fsp3) is 0.500. The van der Waals surface area contributed by atoms with Crippen molar-refractivity contribution in [1.29, 1.82) is 0 Å². The summed E-state index contributed by atoms with van der Waals surface area (Å²) in [5.41, 5.74) is 2.54. The van der Waals surface area contributed by atoms with E-state index in [1.807, 2.05) is 7.05 Å². The summed E-state index contributed by atoms with van der Waals surface area (Å²) in [6.07, 6.45) is 4.42. The third-order valence-electron chi connectivity index (χ3n) is 4.17. The zero-order valence-corrected chi connectivity index (χ0v) is 14.1. The van der Waals surface area contributed by atoms with Gasteiger partial charge in [0.15, 0.2) is 5.96 Å². The van der Waals surface area contributed by atoms with Gasteiger partial charge in [-0.05, 0) is 30.5 Å². The predicted octanol–water partition coefficient (Wildman–Crippen LogP) is 2.77. The molecule has 22 heavy (non-hydrogen) atoms. The van der Waals surface area contributed by atoms with Crippen LogP contribution in [0.25, 0.3) is 0 Å². The molecule has 1 aromatic carbocycles. The van der Waals surface area contributed by atoms with E-state index in [1.165, 1.54) is 11.3 Å². The molecule has 4 nitrogen and oxygen atoms in total. The highest BCUT2D eigenvalue weighted by atomic mass is 15.2. The van der Waals surface area contributed by atoms with Crippen LogP contribution < -0.4 is 15.5 Å². The number of hydrogen-bond donors (Lipinski definition) is 2. The molecule has 1 aliphatic heterocycles. The van der Waals surface area contributed by atoms with Gasteiger partial charge in [0.2, 0.25) is 0 Å². The Hall–Kier alpha value is -1.97. The molecule has 0 aromatic heterocycles. The van der Waals surface area contributed by atoms with Gasteiger partial charge in [-0.15, -0.1) is 0 Å². The summed E-state index contributed by atoms with van der Waals surface area (Å²) in [6.45, 7) is 9.40. The lowest BCUT2D eigenvalue weighted by molar-refractivity contribution is 0.481. The molecule has 0 fully saturated rings. The Kier molecular flexibility index (Phi) is 5.87. The lowest BCUT2D eigenvalue weighted by Gasteiger charge is -2.21. The van der Waals surface area contributed by atoms with Gasteiger partial charge in [0.1, 0.15) is 0 Å². The molecular formula is C18H28N4. The van der Waals surface area contributed by atoms with Crippen molar-refractivity contribution in [2.45, 2.75) is 33.4 Å². The second kappa shape index (κ2) is 7.87. The third kappa shape index (κ3) is 4.52. The van der Waals surface area contributed by atoms with E-state index < -0.39 is 0 Å². The lowest BCUT2D eigenvalue weighted by atomic mass is 10.1. The first-order valence-corrected chi connectivity index (χ1v) is 8.06. The van der Waals surface area contributed by atoms with Gasteiger partial charge >= 0.3 is 0 Å². The van der Waals surface area contributed by atoms with Crippen LogP contribution in [0.5, 0.6) is 0 Å². The van der Waals surface area contributed by atoms with E-state index in [0.717, 1.165) is 25.6 Å². The largest absolute Gasteiger partial charge is 0.364 e. The van der Waals surface area contributed by atoms with Crippen molar-refractivity contribution < 1.29 is 0 Å². The molecule has 0 spiro atoms. The third-order valence-corrected chi connectivity index (χ3v) is 4.17. The number of anilines is 1. The average molecular weight is 300 g/mol. The van der Waals surface area contributed by atoms with Gasteiger partial charge in [-0.3, -0.25) is 4.99 Å². The molecule has 4 heteroatoms. The second-order valence-corrected chi connectivity index (χ2v) is 6.15. The van der Waals surface area contributed by atoms with Gasteiger partial charge in [-0.25, -0.2) is 0 Å². The first-order chi connectivity index (χ1) is 10.6. The topological polar surface area (TPSA) is 39.7 Å². The van der Waals surface area contributed by atoms with Crippen LogP contribution in [-0.4, -0.2) is 32.1 Å². The molecule has 1 aromatic rings. The minimum atomic E-state index is 0.399. The van der Waals surface area contributed by atoms with Crippen molar-refractivity contribution >= 4 is 11.6 Å². The van der Waals surface area contributed by atoms with Crippen LogP contribution in [0.15, 0.2) is 41.4 Å². The van der Waals surface area contributed by atoms with E-state index in [-0.39, 0.29) is 0 Å². The zero-order valence-electron chi connectivity index (χ0n) is 14.1. The van der Waals surface area contributed by atoms with Crippen LogP contribution in [0.4, 0.5) is 5.69 Å². The highest BCUT2D eigenvalue weighted by Gasteiger charge is 2.09. The van der Waals surface area contributed by atoms with E-state index >= 15 is 0 Å². The van der Waals surface area contributed by atoms with Crippen molar-refractivity contribution in [2.24, 2.45) is 10.9 Å². The highest BCUT2D eigenvalue weighted by Crippen LogP contribution is 2.17. The molecule has 1 aliphatic rings. The zero-order chi connectivity index (χ0) is 15.9. The minimum Gasteiger partial charge on any atom is -0.364 e. The molecule has 0 bridgehead atoms. The normalized spacial score (nSPS) is 16.2. The molecule has 0 saturated heterocycles. The number of guanidine groups is 1. The molecule has 120 valence electrons. The van der Waals surface area contributed by atoms with Gasteiger partial charge in [-0.2, -0.15) is 0 Å². The Balaban J connectivity index is 1.85. The Labute approximate surface area is 134 Å². The van der Waals surface area contributed by atoms with Crippen molar-refractivity contribution in [2.75, 3.05) is 25.0 Å². The van der Waals surface area contributed by atoms with E-state index in [0.29, 0.717) is 12.0 Å². The van der Waals surface area contributed by atoms with Crippen molar-refractivity contribution in [3.63, 3.8) is 0 Å². The van der Waals surface area contributed by atoms with E-state index in [9.17, 15) is 0 Å². The molecule has 1 unspecified atom stereocenters. The summed E-state index contributed by atoms with van der Waals surface area (Å²) in [6, 6.07) is 9.14. The van der Waals surface area contributed by atoms with Gasteiger partial charge in [0.05, 0.1) is 0 Å². The summed E-state index contributed by atoms with van der Waals surface area (Å²) < 4.78 is 0. The molecule has 0 aliphatic carbocycles. The van der Waals surface area contributed by atoms with Crippen LogP contribution in [0.3, 0.4) is 0 Å². The molecule has 0 saturated carbocycles. The number of nitrogens with zero attached hydrogens (tertiary/aromatic N) is 2. The Morgan fingerprint density at radius 3 is 2.32 bits per heavy atom. The minimum absolute atomic E-state index is 0.399. The predicted molar refractivity (Wildman–Crippen MR) is 95.4 cm³/mol. The van der Waals surface area contributed by atoms with Crippen LogP contribution in [0, 0.1) is 5.92 Å². The molecule has 2 rings (SSSR count). The Bertz CT molecular complexity index is 508. The van der Waals surface area contributed by atoms with Crippen molar-refractivity contribution in [3.05, 3.63) is 42.0 Å². The maximum atomic E-state index is 4.28. The van der Waals surface area contributed by atoms with Crippen LogP contribution >= 0.6 is 0 Å². The SMILES string of the molecule is CN=C(NCc1ccc(N2CC=CC2)cc1)NC(C)C(C)C. The molecule has 0 amide bonds. The summed E-state index contributed by atoms with van der Waals surface area (Å²) in [4.78, 5) is 6.63. The summed E-state index contributed by atoms with van der Waals surface area (Å²) in [7, 11) is 1.81. The summed E-state index contributed by atoms with van der Waals surface area (Å²) in [5.74, 6) is 1.43. The fourth-order valence-electron chi connectivity index (χ4n) is 2.28. The summed E-state index contributed by atoms with van der Waals surface area (Å²) >= 11 is 0. The lowest BCUT2D eigenvalue weighted by Crippen LogP contribution is -2.43. The Morgan fingerprint density at radius 2 is 1.77 bits per heavy atom. The van der Waals surface area contributed by atoms with Crippen molar-refractivity contribution in [1.82, 2.24) is 10.6 Å². The van der Waals surface area contributed by atoms with E-state index in [2.05, 4.69) is 77.7 Å². The maximum absolute atomic E-state index is 4.28. The van der Waals surface area contributed by atoms with Gasteiger partial charge in [0.25, 0.3) is 0 Å². The average Bonchev–Trinajstić information content (AvgIpc) is 3.06. The fourth-order valence-corrected chi connectivity index (χ4v) is 2.28. The van der Waals surface area contributed by atoms with E-state index in [4.69, 9.17) is 0 Å². The van der Waals surface area contributed by atoms with Crippen LogP contribution in [0.2, 0.25) is 0 Å². The van der Waals surface area contributed by atoms with E-state index in [1.54, 1.807) is 0 Å². The van der Waals surface area contributed by atoms with Gasteiger partial charge < -0.3 is 15.5 Å². The number of aliphatic imine (C=N–C) groups is 1. The van der Waals surface area contributed by atoms with Crippen molar-refractivity contribution in [3.8, 4) is 0 Å². The smallest absolute Gasteiger partial charge is 0.191 e. The van der Waals surface area contributed by atoms with Gasteiger partial charge in [-0.1, -0.05) is 38.1 Å². The standard InChI is InChI=1S/C18H28N4/c1-14(2)15(3)21-18(19-4)20-13-16-7-9-17(10-8-16)22-11-5-6-12-22/h5-10,14-15H,11-13H2,1-4H3,(H2,19,20,21). The first-order valence-electron chi connectivity index (χ1n) is 8.06. The molecule has 1 atom stereocenters. The quantitative estimate of drug-likeness (QED) is 0.499. The number of hydrogen-bond acceptors (Lipinski definition) is 2. The summed E-state index contributed by atoms with van der Waals surface area (Å²) in [5, 5.41) is 6.79. The number of benzene rings is 1. The molecule has 0 radical (unpaired) electrons. The van der Waals surface area contributed by atoms with Crippen LogP contribution in [0.1, 0.15) is 26.3 Å². The second-order valence-electron chi connectivity index (χ2n) is 6.15. The molecule has 1 heterocycles. The number of nitrogens with one attached hydrogen (secondary N) is 2. The highest BCUT2D eigenvalue weighted by molar-refractivity contribution is 5.79. The Morgan fingerprint density at radius 1 is 1.14 bits per heavy atom.